The van der Waals surface area contributed by atoms with E-state index in [0.29, 0.717) is 5.56 Å². The van der Waals surface area contributed by atoms with Gasteiger partial charge in [0.05, 0.1) is 18.1 Å². The molecular weight excluding hydrogens is 338 g/mol. The molecule has 1 aliphatic heterocycles. The maximum Gasteiger partial charge on any atom is 0.319 e. The molecule has 0 unspecified atom stereocenters. The van der Waals surface area contributed by atoms with Crippen molar-refractivity contribution < 1.29 is 28.7 Å². The molecule has 1 aromatic rings. The van der Waals surface area contributed by atoms with Gasteiger partial charge < -0.3 is 9.47 Å². The fraction of sp³-hybridized carbons (Fsp3) is 0.474. The number of amides is 2. The third-order valence-corrected chi connectivity index (χ3v) is 3.84. The molecule has 0 N–H and O–H groups in total. The molecule has 26 heavy (non-hydrogen) atoms. The van der Waals surface area contributed by atoms with Gasteiger partial charge in [-0.15, -0.1) is 0 Å². The van der Waals surface area contributed by atoms with Crippen LogP contribution < -0.4 is 0 Å². The number of hydrogen-bond acceptors (Lipinski definition) is 6. The number of benzene rings is 1. The zero-order valence-corrected chi connectivity index (χ0v) is 15.3. The summed E-state index contributed by atoms with van der Waals surface area (Å²) in [5.41, 5.74) is 0.301. The SMILES string of the molecule is CC(C)OC(=O)[C@H]1C(=O)N(C(=O)c2ccccc2)C[C@@H]1C(=O)OC(C)C. The first-order valence-electron chi connectivity index (χ1n) is 8.54. The smallest absolute Gasteiger partial charge is 0.319 e. The van der Waals surface area contributed by atoms with Crippen LogP contribution in [0, 0.1) is 11.8 Å². The van der Waals surface area contributed by atoms with Crippen molar-refractivity contribution in [3.63, 3.8) is 0 Å². The highest BCUT2D eigenvalue weighted by Gasteiger charge is 2.52. The minimum absolute atomic E-state index is 0.212. The molecule has 0 radical (unpaired) electrons. The van der Waals surface area contributed by atoms with Gasteiger partial charge in [0.2, 0.25) is 5.91 Å². The van der Waals surface area contributed by atoms with E-state index >= 15 is 0 Å². The molecule has 1 saturated heterocycles. The third kappa shape index (κ3) is 4.28. The Bertz CT molecular complexity index is 697. The lowest BCUT2D eigenvalue weighted by atomic mass is 9.95. The Morgan fingerprint density at radius 1 is 0.962 bits per heavy atom. The molecule has 0 spiro atoms. The molecule has 0 aromatic heterocycles. The van der Waals surface area contributed by atoms with Crippen molar-refractivity contribution in [3.8, 4) is 0 Å². The van der Waals surface area contributed by atoms with Gasteiger partial charge in [0.15, 0.2) is 5.92 Å². The third-order valence-electron chi connectivity index (χ3n) is 3.84. The van der Waals surface area contributed by atoms with E-state index in [4.69, 9.17) is 9.47 Å². The molecule has 1 aliphatic rings. The van der Waals surface area contributed by atoms with Crippen molar-refractivity contribution >= 4 is 23.8 Å². The molecule has 0 bridgehead atoms. The maximum absolute atomic E-state index is 12.7. The number of carbonyl (C=O) groups is 4. The lowest BCUT2D eigenvalue weighted by Crippen LogP contribution is -2.37. The van der Waals surface area contributed by atoms with E-state index < -0.39 is 47.8 Å². The van der Waals surface area contributed by atoms with Crippen LogP contribution in [0.2, 0.25) is 0 Å². The summed E-state index contributed by atoms with van der Waals surface area (Å²) in [7, 11) is 0. The number of rotatable bonds is 5. The Labute approximate surface area is 152 Å². The van der Waals surface area contributed by atoms with Gasteiger partial charge in [0.25, 0.3) is 5.91 Å². The van der Waals surface area contributed by atoms with E-state index in [1.807, 2.05) is 0 Å². The van der Waals surface area contributed by atoms with Crippen LogP contribution in [0.3, 0.4) is 0 Å². The Kier molecular flexibility index (Phi) is 6.13. The summed E-state index contributed by atoms with van der Waals surface area (Å²) in [5, 5.41) is 0. The molecule has 1 heterocycles. The van der Waals surface area contributed by atoms with Crippen LogP contribution in [-0.2, 0) is 23.9 Å². The molecule has 2 amide bonds. The monoisotopic (exact) mass is 361 g/mol. The van der Waals surface area contributed by atoms with Gasteiger partial charge in [-0.25, -0.2) is 0 Å². The van der Waals surface area contributed by atoms with Gasteiger partial charge in [-0.3, -0.25) is 24.1 Å². The zero-order valence-electron chi connectivity index (χ0n) is 15.3. The van der Waals surface area contributed by atoms with E-state index in [1.165, 1.54) is 0 Å². The summed E-state index contributed by atoms with van der Waals surface area (Å²) in [6, 6.07) is 8.22. The van der Waals surface area contributed by atoms with Crippen molar-refractivity contribution in [1.82, 2.24) is 4.90 Å². The van der Waals surface area contributed by atoms with Crippen LogP contribution in [0.15, 0.2) is 30.3 Å². The van der Waals surface area contributed by atoms with E-state index in [1.54, 1.807) is 58.0 Å². The number of likely N-dealkylation sites (tertiary alicyclic amines) is 1. The maximum atomic E-state index is 12.7. The average Bonchev–Trinajstić information content (AvgIpc) is 2.91. The van der Waals surface area contributed by atoms with Crippen LogP contribution in [0.5, 0.6) is 0 Å². The summed E-state index contributed by atoms with van der Waals surface area (Å²) in [5.74, 6) is -5.27. The number of carbonyl (C=O) groups excluding carboxylic acids is 4. The van der Waals surface area contributed by atoms with E-state index in [2.05, 4.69) is 0 Å². The zero-order chi connectivity index (χ0) is 19.4. The topological polar surface area (TPSA) is 90.0 Å². The largest absolute Gasteiger partial charge is 0.463 e. The highest BCUT2D eigenvalue weighted by atomic mass is 16.6. The predicted octanol–water partition coefficient (Wildman–Crippen LogP) is 1.80. The quantitative estimate of drug-likeness (QED) is 0.451. The first-order chi connectivity index (χ1) is 12.2. The molecule has 140 valence electrons. The minimum Gasteiger partial charge on any atom is -0.463 e. The molecule has 1 aromatic carbocycles. The van der Waals surface area contributed by atoms with Gasteiger partial charge >= 0.3 is 11.9 Å². The second-order valence-electron chi connectivity index (χ2n) is 6.68. The van der Waals surface area contributed by atoms with Crippen molar-refractivity contribution in [2.75, 3.05) is 6.54 Å². The fourth-order valence-electron chi connectivity index (χ4n) is 2.75. The highest BCUT2D eigenvalue weighted by Crippen LogP contribution is 2.29. The van der Waals surface area contributed by atoms with Crippen LogP contribution in [0.25, 0.3) is 0 Å². The van der Waals surface area contributed by atoms with Crippen molar-refractivity contribution in [1.29, 1.82) is 0 Å². The predicted molar refractivity (Wildman–Crippen MR) is 91.9 cm³/mol. The number of nitrogens with zero attached hydrogens (tertiary/aromatic N) is 1. The number of ether oxygens (including phenoxy) is 2. The average molecular weight is 361 g/mol. The molecule has 2 rings (SSSR count). The Balaban J connectivity index is 2.30. The Morgan fingerprint density at radius 2 is 1.50 bits per heavy atom. The Hall–Kier alpha value is -2.70. The van der Waals surface area contributed by atoms with Crippen molar-refractivity contribution in [3.05, 3.63) is 35.9 Å². The van der Waals surface area contributed by atoms with Gasteiger partial charge in [0, 0.05) is 12.1 Å². The fourth-order valence-corrected chi connectivity index (χ4v) is 2.75. The van der Waals surface area contributed by atoms with Gasteiger partial charge in [-0.1, -0.05) is 18.2 Å². The highest BCUT2D eigenvalue weighted by molar-refractivity contribution is 6.13. The van der Waals surface area contributed by atoms with Crippen molar-refractivity contribution in [2.24, 2.45) is 11.8 Å². The minimum atomic E-state index is -1.38. The van der Waals surface area contributed by atoms with Gasteiger partial charge in [-0.05, 0) is 39.8 Å². The number of esters is 2. The number of imide groups is 1. The van der Waals surface area contributed by atoms with E-state index in [9.17, 15) is 19.2 Å². The standard InChI is InChI=1S/C19H23NO6/c1-11(2)25-18(23)14-10-20(16(21)13-8-6-5-7-9-13)17(22)15(14)19(24)26-12(3)4/h5-9,11-12,14-15H,10H2,1-4H3/t14-,15+/m0/s1. The van der Waals surface area contributed by atoms with E-state index in [0.717, 1.165) is 4.90 Å². The molecule has 1 fully saturated rings. The summed E-state index contributed by atoms with van der Waals surface area (Å²) in [6.45, 7) is 6.42. The van der Waals surface area contributed by atoms with Gasteiger partial charge in [0.1, 0.15) is 0 Å². The molecule has 2 atom stereocenters. The molecule has 0 saturated carbocycles. The molecule has 7 heteroatoms. The molecule has 7 nitrogen and oxygen atoms in total. The van der Waals surface area contributed by atoms with Crippen LogP contribution in [0.1, 0.15) is 38.1 Å². The second kappa shape index (κ2) is 8.12. The summed E-state index contributed by atoms with van der Waals surface area (Å²) < 4.78 is 10.3. The lowest BCUT2D eigenvalue weighted by Gasteiger charge is -2.17. The molecule has 0 aliphatic carbocycles. The lowest BCUT2D eigenvalue weighted by molar-refractivity contribution is -0.164. The van der Waals surface area contributed by atoms with Crippen molar-refractivity contribution in [2.45, 2.75) is 39.9 Å². The molecular formula is C19H23NO6. The first-order valence-corrected chi connectivity index (χ1v) is 8.54. The summed E-state index contributed by atoms with van der Waals surface area (Å²) >= 11 is 0. The summed E-state index contributed by atoms with van der Waals surface area (Å²) in [4.78, 5) is 51.1. The second-order valence-corrected chi connectivity index (χ2v) is 6.68. The summed E-state index contributed by atoms with van der Waals surface area (Å²) in [6.07, 6.45) is -0.853. The van der Waals surface area contributed by atoms with Crippen LogP contribution in [-0.4, -0.2) is 47.4 Å². The normalized spacial score (nSPS) is 19.8. The van der Waals surface area contributed by atoms with Gasteiger partial charge in [-0.2, -0.15) is 0 Å². The van der Waals surface area contributed by atoms with E-state index in [-0.39, 0.29) is 6.54 Å². The Morgan fingerprint density at radius 3 is 2.04 bits per heavy atom. The number of hydrogen-bond donors (Lipinski definition) is 0. The van der Waals surface area contributed by atoms with Crippen LogP contribution in [0.4, 0.5) is 0 Å². The van der Waals surface area contributed by atoms with Crippen LogP contribution >= 0.6 is 0 Å². The first kappa shape index (κ1) is 19.6.